The molecule has 2 saturated heterocycles. The standard InChI is InChI=1S/C16H20N4O2S/c21-16(12-2-3-14-15(10-12)18-23-17-14)20-6-1-5-19(7-8-20)13-4-9-22-11-13/h2-3,10,13H,1,4-9,11H2. The fourth-order valence-electron chi connectivity index (χ4n) is 3.41. The molecule has 0 saturated carbocycles. The summed E-state index contributed by atoms with van der Waals surface area (Å²) in [5.41, 5.74) is 2.37. The lowest BCUT2D eigenvalue weighted by Crippen LogP contribution is -2.39. The molecule has 2 aliphatic heterocycles. The highest BCUT2D eigenvalue weighted by atomic mass is 32.1. The highest BCUT2D eigenvalue weighted by molar-refractivity contribution is 7.00. The zero-order valence-electron chi connectivity index (χ0n) is 13.0. The van der Waals surface area contributed by atoms with Crippen LogP contribution in [0.5, 0.6) is 0 Å². The number of hydrogen-bond donors (Lipinski definition) is 0. The molecule has 0 N–H and O–H groups in total. The van der Waals surface area contributed by atoms with E-state index in [2.05, 4.69) is 13.6 Å². The van der Waals surface area contributed by atoms with Crippen LogP contribution < -0.4 is 0 Å². The monoisotopic (exact) mass is 332 g/mol. The summed E-state index contributed by atoms with van der Waals surface area (Å²) in [4.78, 5) is 17.2. The average molecular weight is 332 g/mol. The van der Waals surface area contributed by atoms with Crippen molar-refractivity contribution < 1.29 is 9.53 Å². The van der Waals surface area contributed by atoms with Crippen LogP contribution in [0, 0.1) is 0 Å². The molecule has 4 rings (SSSR count). The van der Waals surface area contributed by atoms with Crippen molar-refractivity contribution >= 4 is 28.7 Å². The molecule has 3 heterocycles. The number of carbonyl (C=O) groups excluding carboxylic acids is 1. The van der Waals surface area contributed by atoms with Crippen molar-refractivity contribution in [2.75, 3.05) is 39.4 Å². The normalized spacial score (nSPS) is 23.3. The Hall–Kier alpha value is -1.57. The minimum absolute atomic E-state index is 0.101. The molecule has 7 heteroatoms. The molecule has 2 fully saturated rings. The van der Waals surface area contributed by atoms with Crippen LogP contribution in [0.15, 0.2) is 18.2 Å². The molecule has 0 bridgehead atoms. The number of hydrogen-bond acceptors (Lipinski definition) is 6. The summed E-state index contributed by atoms with van der Waals surface area (Å²) in [7, 11) is 0. The van der Waals surface area contributed by atoms with E-state index in [9.17, 15) is 4.79 Å². The van der Waals surface area contributed by atoms with Crippen LogP contribution in [0.3, 0.4) is 0 Å². The van der Waals surface area contributed by atoms with Gasteiger partial charge in [0.1, 0.15) is 11.0 Å². The summed E-state index contributed by atoms with van der Waals surface area (Å²) in [6, 6.07) is 6.13. The maximum atomic E-state index is 12.8. The van der Waals surface area contributed by atoms with Gasteiger partial charge < -0.3 is 9.64 Å². The predicted molar refractivity (Wildman–Crippen MR) is 88.7 cm³/mol. The molecule has 0 radical (unpaired) electrons. The third-order valence-electron chi connectivity index (χ3n) is 4.74. The number of fused-ring (bicyclic) bond motifs is 1. The number of aromatic nitrogens is 2. The summed E-state index contributed by atoms with van der Waals surface area (Å²) in [5, 5.41) is 0. The van der Waals surface area contributed by atoms with Gasteiger partial charge in [-0.2, -0.15) is 8.75 Å². The van der Waals surface area contributed by atoms with E-state index in [0.29, 0.717) is 11.6 Å². The van der Waals surface area contributed by atoms with E-state index >= 15 is 0 Å². The second-order valence-electron chi connectivity index (χ2n) is 6.17. The molecule has 2 aliphatic rings. The lowest BCUT2D eigenvalue weighted by Gasteiger charge is -2.26. The molecule has 122 valence electrons. The molecule has 23 heavy (non-hydrogen) atoms. The summed E-state index contributed by atoms with van der Waals surface area (Å²) >= 11 is 1.18. The van der Waals surface area contributed by atoms with Gasteiger partial charge in [-0.15, -0.1) is 0 Å². The number of benzene rings is 1. The van der Waals surface area contributed by atoms with Gasteiger partial charge in [0.15, 0.2) is 0 Å². The quantitative estimate of drug-likeness (QED) is 0.836. The van der Waals surface area contributed by atoms with Gasteiger partial charge in [-0.25, -0.2) is 0 Å². The molecule has 1 atom stereocenters. The van der Waals surface area contributed by atoms with E-state index in [0.717, 1.165) is 63.3 Å². The molecule has 1 unspecified atom stereocenters. The zero-order chi connectivity index (χ0) is 15.6. The summed E-state index contributed by atoms with van der Waals surface area (Å²) in [6.07, 6.45) is 2.13. The summed E-state index contributed by atoms with van der Waals surface area (Å²) in [5.74, 6) is 0.101. The molecule has 6 nitrogen and oxygen atoms in total. The van der Waals surface area contributed by atoms with Crippen molar-refractivity contribution in [3.63, 3.8) is 0 Å². The van der Waals surface area contributed by atoms with Crippen molar-refractivity contribution in [2.45, 2.75) is 18.9 Å². The van der Waals surface area contributed by atoms with E-state index < -0.39 is 0 Å². The van der Waals surface area contributed by atoms with Crippen LogP contribution in [0.25, 0.3) is 11.0 Å². The van der Waals surface area contributed by atoms with Crippen molar-refractivity contribution in [3.8, 4) is 0 Å². The van der Waals surface area contributed by atoms with Gasteiger partial charge in [-0.05, 0) is 31.0 Å². The van der Waals surface area contributed by atoms with E-state index in [1.807, 2.05) is 23.1 Å². The lowest BCUT2D eigenvalue weighted by molar-refractivity contribution is 0.0757. The van der Waals surface area contributed by atoms with Crippen molar-refractivity contribution in [1.82, 2.24) is 18.5 Å². The summed E-state index contributed by atoms with van der Waals surface area (Å²) in [6.45, 7) is 5.28. The van der Waals surface area contributed by atoms with Crippen LogP contribution in [-0.2, 0) is 4.74 Å². The van der Waals surface area contributed by atoms with Crippen molar-refractivity contribution in [2.24, 2.45) is 0 Å². The summed E-state index contributed by atoms with van der Waals surface area (Å²) < 4.78 is 13.9. The van der Waals surface area contributed by atoms with Crippen LogP contribution in [0.1, 0.15) is 23.2 Å². The van der Waals surface area contributed by atoms with Gasteiger partial charge in [-0.1, -0.05) is 0 Å². The molecule has 1 amide bonds. The number of carbonyl (C=O) groups is 1. The highest BCUT2D eigenvalue weighted by Gasteiger charge is 2.27. The first kappa shape index (κ1) is 15.0. The first-order valence-corrected chi connectivity index (χ1v) is 8.88. The minimum Gasteiger partial charge on any atom is -0.380 e. The minimum atomic E-state index is 0.101. The Balaban J connectivity index is 1.45. The second kappa shape index (κ2) is 6.51. The number of nitrogens with zero attached hydrogens (tertiary/aromatic N) is 4. The Bertz CT molecular complexity index is 698. The first-order chi connectivity index (χ1) is 11.3. The van der Waals surface area contributed by atoms with E-state index in [1.165, 1.54) is 11.7 Å². The molecule has 0 spiro atoms. The van der Waals surface area contributed by atoms with Crippen LogP contribution in [-0.4, -0.2) is 69.9 Å². The van der Waals surface area contributed by atoms with Gasteiger partial charge in [0, 0.05) is 44.4 Å². The molecule has 2 aromatic rings. The van der Waals surface area contributed by atoms with Gasteiger partial charge in [-0.3, -0.25) is 9.69 Å². The fraction of sp³-hybridized carbons (Fsp3) is 0.562. The van der Waals surface area contributed by atoms with Crippen molar-refractivity contribution in [1.29, 1.82) is 0 Å². The van der Waals surface area contributed by atoms with Gasteiger partial charge in [0.25, 0.3) is 5.91 Å². The van der Waals surface area contributed by atoms with Crippen LogP contribution in [0.4, 0.5) is 0 Å². The van der Waals surface area contributed by atoms with Crippen molar-refractivity contribution in [3.05, 3.63) is 23.8 Å². The Morgan fingerprint density at radius 3 is 2.96 bits per heavy atom. The van der Waals surface area contributed by atoms with Gasteiger partial charge in [0.2, 0.25) is 0 Å². The van der Waals surface area contributed by atoms with Crippen LogP contribution >= 0.6 is 11.7 Å². The molecule has 1 aromatic heterocycles. The maximum absolute atomic E-state index is 12.8. The van der Waals surface area contributed by atoms with E-state index in [4.69, 9.17) is 4.74 Å². The Kier molecular flexibility index (Phi) is 4.24. The maximum Gasteiger partial charge on any atom is 0.253 e. The first-order valence-electron chi connectivity index (χ1n) is 8.15. The van der Waals surface area contributed by atoms with Crippen LogP contribution in [0.2, 0.25) is 0 Å². The predicted octanol–water partition coefficient (Wildman–Crippen LogP) is 1.63. The zero-order valence-corrected chi connectivity index (χ0v) is 13.8. The van der Waals surface area contributed by atoms with Gasteiger partial charge >= 0.3 is 0 Å². The molecule has 0 aliphatic carbocycles. The topological polar surface area (TPSA) is 58.6 Å². The molecular weight excluding hydrogens is 312 g/mol. The average Bonchev–Trinajstić information content (AvgIpc) is 3.21. The van der Waals surface area contributed by atoms with E-state index in [-0.39, 0.29) is 5.91 Å². The molecule has 1 aromatic carbocycles. The largest absolute Gasteiger partial charge is 0.380 e. The Morgan fingerprint density at radius 2 is 2.09 bits per heavy atom. The second-order valence-corrected chi connectivity index (χ2v) is 6.70. The number of amides is 1. The van der Waals surface area contributed by atoms with Gasteiger partial charge in [0.05, 0.1) is 18.3 Å². The number of ether oxygens (including phenoxy) is 1. The third-order valence-corrected chi connectivity index (χ3v) is 5.30. The smallest absolute Gasteiger partial charge is 0.253 e. The van der Waals surface area contributed by atoms with E-state index in [1.54, 1.807) is 0 Å². The SMILES string of the molecule is O=C(c1ccc2nsnc2c1)N1CCCN(C2CCOC2)CC1. The third kappa shape index (κ3) is 3.08. The highest BCUT2D eigenvalue weighted by Crippen LogP contribution is 2.18. The number of rotatable bonds is 2. The Labute approximate surface area is 139 Å². The fourth-order valence-corrected chi connectivity index (χ4v) is 3.93. The Morgan fingerprint density at radius 1 is 1.17 bits per heavy atom. The lowest BCUT2D eigenvalue weighted by atomic mass is 10.1. The molecular formula is C16H20N4O2S.